The maximum absolute atomic E-state index is 10.7. The Bertz CT molecular complexity index is 360. The molecule has 1 aliphatic rings. The molecule has 1 N–H and O–H groups in total. The Balaban J connectivity index is 1.93. The minimum Gasteiger partial charge on any atom is -0.319 e. The Kier molecular flexibility index (Phi) is 3.63. The second kappa shape index (κ2) is 5.18. The summed E-state index contributed by atoms with van der Waals surface area (Å²) in [5.41, 5.74) is 4.15. The molecule has 5 nitrogen and oxygen atoms in total. The molecule has 0 amide bonds. The quantitative estimate of drug-likeness (QED) is 0.642. The molecule has 1 saturated heterocycles. The van der Waals surface area contributed by atoms with Crippen molar-refractivity contribution < 1.29 is 4.92 Å². The number of nitrogens with one attached hydrogen (secondary N) is 1. The molecule has 16 heavy (non-hydrogen) atoms. The first-order valence-electron chi connectivity index (χ1n) is 5.07. The van der Waals surface area contributed by atoms with Gasteiger partial charge in [0.15, 0.2) is 0 Å². The van der Waals surface area contributed by atoms with Gasteiger partial charge in [0.1, 0.15) is 0 Å². The molecule has 6 heteroatoms. The fourth-order valence-electron chi connectivity index (χ4n) is 1.56. The van der Waals surface area contributed by atoms with Crippen LogP contribution in [0.3, 0.4) is 0 Å². The van der Waals surface area contributed by atoms with Crippen molar-refractivity contribution >= 4 is 17.4 Å². The normalized spacial score (nSPS) is 21.6. The molecule has 0 spiro atoms. The zero-order valence-corrected chi connectivity index (χ0v) is 9.52. The summed E-state index contributed by atoms with van der Waals surface area (Å²) in [7, 11) is 0. The van der Waals surface area contributed by atoms with E-state index >= 15 is 0 Å². The van der Waals surface area contributed by atoms with Crippen LogP contribution in [0.15, 0.2) is 30.3 Å². The molecule has 2 rings (SSSR count). The summed E-state index contributed by atoms with van der Waals surface area (Å²) in [4.78, 5) is 10.5. The van der Waals surface area contributed by atoms with E-state index in [4.69, 9.17) is 0 Å². The van der Waals surface area contributed by atoms with E-state index in [1.807, 2.05) is 35.3 Å². The minimum atomic E-state index is -0.523. The van der Waals surface area contributed by atoms with Crippen LogP contribution in [0.2, 0.25) is 0 Å². The van der Waals surface area contributed by atoms with E-state index in [2.05, 4.69) is 5.43 Å². The summed E-state index contributed by atoms with van der Waals surface area (Å²) < 4.78 is 0. The van der Waals surface area contributed by atoms with Crippen LogP contribution in [0.4, 0.5) is 5.69 Å². The van der Waals surface area contributed by atoms with E-state index in [-0.39, 0.29) is 4.92 Å². The van der Waals surface area contributed by atoms with Crippen LogP contribution in [0.1, 0.15) is 0 Å². The number of hydrogen-bond acceptors (Lipinski definition) is 5. The molecular weight excluding hydrogens is 226 g/mol. The Morgan fingerprint density at radius 3 is 2.88 bits per heavy atom. The minimum absolute atomic E-state index is 0.219. The number of benzene rings is 1. The fraction of sp³-hybridized carbons (Fsp3) is 0.400. The molecular formula is C10H13N3O2S. The van der Waals surface area contributed by atoms with Crippen LogP contribution in [0, 0.1) is 10.1 Å². The summed E-state index contributed by atoms with van der Waals surface area (Å²) in [5, 5.41) is 12.1. The molecule has 1 unspecified atom stereocenters. The van der Waals surface area contributed by atoms with Gasteiger partial charge in [0.05, 0.1) is 6.54 Å². The number of nitro groups is 1. The predicted octanol–water partition coefficient (Wildman–Crippen LogP) is 1.67. The lowest BCUT2D eigenvalue weighted by atomic mass is 10.3. The van der Waals surface area contributed by atoms with Crippen LogP contribution < -0.4 is 5.43 Å². The number of rotatable bonds is 3. The van der Waals surface area contributed by atoms with Crippen molar-refractivity contribution in [2.45, 2.75) is 5.37 Å². The first kappa shape index (κ1) is 11.2. The SMILES string of the molecule is O=[N+]([O-])C1CN(Nc2ccccc2)CCS1. The topological polar surface area (TPSA) is 58.4 Å². The van der Waals surface area contributed by atoms with Gasteiger partial charge in [-0.2, -0.15) is 0 Å². The second-order valence-electron chi connectivity index (χ2n) is 3.53. The van der Waals surface area contributed by atoms with Gasteiger partial charge >= 0.3 is 0 Å². The van der Waals surface area contributed by atoms with Crippen molar-refractivity contribution in [2.75, 3.05) is 24.3 Å². The number of para-hydroxylation sites is 1. The van der Waals surface area contributed by atoms with Gasteiger partial charge in [-0.3, -0.25) is 10.1 Å². The Labute approximate surface area is 97.9 Å². The lowest BCUT2D eigenvalue weighted by Gasteiger charge is -2.28. The van der Waals surface area contributed by atoms with Crippen LogP contribution in [-0.4, -0.2) is 34.1 Å². The number of nitrogens with zero attached hydrogens (tertiary/aromatic N) is 2. The highest BCUT2D eigenvalue weighted by Crippen LogP contribution is 2.19. The summed E-state index contributed by atoms with van der Waals surface area (Å²) in [5.74, 6) is 0.783. The molecule has 0 saturated carbocycles. The van der Waals surface area contributed by atoms with E-state index in [1.165, 1.54) is 11.8 Å². The van der Waals surface area contributed by atoms with Gasteiger partial charge < -0.3 is 5.43 Å². The van der Waals surface area contributed by atoms with Crippen molar-refractivity contribution in [3.63, 3.8) is 0 Å². The van der Waals surface area contributed by atoms with Gasteiger partial charge in [-0.1, -0.05) is 30.0 Å². The van der Waals surface area contributed by atoms with E-state index < -0.39 is 5.37 Å². The van der Waals surface area contributed by atoms with Crippen molar-refractivity contribution in [2.24, 2.45) is 0 Å². The molecule has 1 fully saturated rings. The zero-order chi connectivity index (χ0) is 11.4. The maximum Gasteiger partial charge on any atom is 0.272 e. The van der Waals surface area contributed by atoms with Crippen molar-refractivity contribution in [1.82, 2.24) is 5.01 Å². The standard InChI is InChI=1S/C10H13N3O2S/c14-13(15)10-8-12(6-7-16-10)11-9-4-2-1-3-5-9/h1-5,10-11H,6-8H2. The molecule has 0 bridgehead atoms. The average Bonchev–Trinajstić information content (AvgIpc) is 2.30. The van der Waals surface area contributed by atoms with Gasteiger partial charge in [0.25, 0.3) is 5.37 Å². The smallest absolute Gasteiger partial charge is 0.272 e. The summed E-state index contributed by atoms with van der Waals surface area (Å²) >= 11 is 1.40. The molecule has 1 aliphatic heterocycles. The Morgan fingerprint density at radius 2 is 2.19 bits per heavy atom. The first-order valence-corrected chi connectivity index (χ1v) is 6.12. The fourth-order valence-corrected chi connectivity index (χ4v) is 2.56. The lowest BCUT2D eigenvalue weighted by Crippen LogP contribution is -2.44. The molecule has 86 valence electrons. The largest absolute Gasteiger partial charge is 0.319 e. The number of hydrogen-bond donors (Lipinski definition) is 1. The Hall–Kier alpha value is -1.27. The summed E-state index contributed by atoms with van der Waals surface area (Å²) in [6, 6.07) is 9.71. The van der Waals surface area contributed by atoms with E-state index in [1.54, 1.807) is 0 Å². The van der Waals surface area contributed by atoms with E-state index in [0.717, 1.165) is 18.0 Å². The van der Waals surface area contributed by atoms with Crippen molar-refractivity contribution in [1.29, 1.82) is 0 Å². The van der Waals surface area contributed by atoms with Gasteiger partial charge in [-0.25, -0.2) is 5.01 Å². The van der Waals surface area contributed by atoms with E-state index in [9.17, 15) is 10.1 Å². The molecule has 1 aromatic carbocycles. The van der Waals surface area contributed by atoms with Crippen LogP contribution in [0.25, 0.3) is 0 Å². The molecule has 0 aliphatic carbocycles. The number of thioether (sulfide) groups is 1. The summed E-state index contributed by atoms with van der Waals surface area (Å²) in [6.45, 7) is 1.26. The third-order valence-electron chi connectivity index (χ3n) is 2.34. The average molecular weight is 239 g/mol. The van der Waals surface area contributed by atoms with Gasteiger partial charge in [0.2, 0.25) is 0 Å². The van der Waals surface area contributed by atoms with E-state index in [0.29, 0.717) is 6.54 Å². The van der Waals surface area contributed by atoms with Crippen LogP contribution >= 0.6 is 11.8 Å². The lowest BCUT2D eigenvalue weighted by molar-refractivity contribution is -0.496. The summed E-state index contributed by atoms with van der Waals surface area (Å²) in [6.07, 6.45) is 0. The molecule has 0 aromatic heterocycles. The van der Waals surface area contributed by atoms with Gasteiger partial charge in [-0.15, -0.1) is 0 Å². The second-order valence-corrected chi connectivity index (χ2v) is 4.82. The molecule has 1 atom stereocenters. The molecule has 1 heterocycles. The Morgan fingerprint density at radius 1 is 1.44 bits per heavy atom. The molecule has 1 aromatic rings. The first-order chi connectivity index (χ1) is 7.75. The zero-order valence-electron chi connectivity index (χ0n) is 8.70. The van der Waals surface area contributed by atoms with Crippen LogP contribution in [0.5, 0.6) is 0 Å². The maximum atomic E-state index is 10.7. The molecule has 0 radical (unpaired) electrons. The van der Waals surface area contributed by atoms with Crippen molar-refractivity contribution in [3.8, 4) is 0 Å². The van der Waals surface area contributed by atoms with Gasteiger partial charge in [0, 0.05) is 22.9 Å². The van der Waals surface area contributed by atoms with Gasteiger partial charge in [-0.05, 0) is 12.1 Å². The predicted molar refractivity (Wildman–Crippen MR) is 64.9 cm³/mol. The van der Waals surface area contributed by atoms with Crippen LogP contribution in [-0.2, 0) is 0 Å². The third kappa shape index (κ3) is 2.86. The highest BCUT2D eigenvalue weighted by atomic mass is 32.2. The monoisotopic (exact) mass is 239 g/mol. The number of hydrazine groups is 1. The highest BCUT2D eigenvalue weighted by Gasteiger charge is 2.28. The third-order valence-corrected chi connectivity index (χ3v) is 3.47. The number of anilines is 1. The highest BCUT2D eigenvalue weighted by molar-refractivity contribution is 7.99. The van der Waals surface area contributed by atoms with Crippen molar-refractivity contribution in [3.05, 3.63) is 40.4 Å².